The Morgan fingerprint density at radius 3 is 2.52 bits per heavy atom. The number of rotatable bonds is 8. The Labute approximate surface area is 129 Å². The molecule has 1 aromatic carbocycles. The van der Waals surface area contributed by atoms with E-state index in [1.54, 1.807) is 0 Å². The highest BCUT2D eigenvalue weighted by atomic mass is 15.2. The molecule has 118 valence electrons. The Hall–Kier alpha value is -1.55. The number of benzene rings is 1. The molecule has 1 rings (SSSR count). The third-order valence-electron chi connectivity index (χ3n) is 3.58. The lowest BCUT2D eigenvalue weighted by Gasteiger charge is -2.23. The molecule has 0 aromatic heterocycles. The molecule has 0 amide bonds. The van der Waals surface area contributed by atoms with Gasteiger partial charge in [-0.25, -0.2) is 0 Å². The summed E-state index contributed by atoms with van der Waals surface area (Å²) in [6, 6.07) is 10.8. The summed E-state index contributed by atoms with van der Waals surface area (Å²) < 4.78 is 0. The molecule has 1 unspecified atom stereocenters. The number of likely N-dealkylation sites (N-methyl/N-ethyl adjacent to an activating group) is 1. The van der Waals surface area contributed by atoms with E-state index in [2.05, 4.69) is 67.3 Å². The fourth-order valence-corrected chi connectivity index (χ4v) is 1.94. The Kier molecular flexibility index (Phi) is 7.83. The molecule has 4 nitrogen and oxygen atoms in total. The van der Waals surface area contributed by atoms with Crippen molar-refractivity contribution in [3.05, 3.63) is 35.9 Å². The van der Waals surface area contributed by atoms with Crippen LogP contribution in [0, 0.1) is 5.92 Å². The fraction of sp³-hybridized carbons (Fsp3) is 0.588. The maximum absolute atomic E-state index is 5.88. The summed E-state index contributed by atoms with van der Waals surface area (Å²) in [5.74, 6) is 1.23. The lowest BCUT2D eigenvalue weighted by Crippen LogP contribution is -2.36. The maximum atomic E-state index is 5.88. The summed E-state index contributed by atoms with van der Waals surface area (Å²) in [6.07, 6.45) is 1.11. The summed E-state index contributed by atoms with van der Waals surface area (Å²) >= 11 is 0. The molecule has 0 fully saturated rings. The van der Waals surface area contributed by atoms with Gasteiger partial charge < -0.3 is 11.1 Å². The number of hydrogen-bond acceptors (Lipinski definition) is 2. The van der Waals surface area contributed by atoms with E-state index in [9.17, 15) is 0 Å². The van der Waals surface area contributed by atoms with Gasteiger partial charge >= 0.3 is 0 Å². The first-order valence-electron chi connectivity index (χ1n) is 7.77. The molecule has 0 aliphatic heterocycles. The van der Waals surface area contributed by atoms with Crippen LogP contribution in [0.5, 0.6) is 0 Å². The highest BCUT2D eigenvalue weighted by Crippen LogP contribution is 2.06. The van der Waals surface area contributed by atoms with E-state index in [4.69, 9.17) is 5.73 Å². The monoisotopic (exact) mass is 290 g/mol. The van der Waals surface area contributed by atoms with E-state index in [1.807, 2.05) is 6.07 Å². The lowest BCUT2D eigenvalue weighted by molar-refractivity contribution is 0.255. The van der Waals surface area contributed by atoms with Crippen molar-refractivity contribution in [1.29, 1.82) is 0 Å². The van der Waals surface area contributed by atoms with E-state index < -0.39 is 0 Å². The largest absolute Gasteiger partial charge is 0.370 e. The summed E-state index contributed by atoms with van der Waals surface area (Å²) in [4.78, 5) is 6.72. The molecular weight excluding hydrogens is 260 g/mol. The molecule has 0 saturated carbocycles. The van der Waals surface area contributed by atoms with Crippen LogP contribution < -0.4 is 11.1 Å². The first-order chi connectivity index (χ1) is 9.99. The van der Waals surface area contributed by atoms with Crippen molar-refractivity contribution in [2.45, 2.75) is 39.8 Å². The minimum atomic E-state index is 0.357. The van der Waals surface area contributed by atoms with Gasteiger partial charge in [-0.05, 0) is 31.9 Å². The average molecular weight is 290 g/mol. The van der Waals surface area contributed by atoms with Crippen molar-refractivity contribution in [3.63, 3.8) is 0 Å². The maximum Gasteiger partial charge on any atom is 0.188 e. The smallest absolute Gasteiger partial charge is 0.188 e. The number of nitrogens with one attached hydrogen (secondary N) is 1. The van der Waals surface area contributed by atoms with Crippen LogP contribution in [0.15, 0.2) is 35.3 Å². The number of guanidine groups is 1. The zero-order chi connectivity index (χ0) is 15.7. The van der Waals surface area contributed by atoms with Gasteiger partial charge in [0, 0.05) is 19.1 Å². The second kappa shape index (κ2) is 9.40. The van der Waals surface area contributed by atoms with Crippen LogP contribution in [-0.4, -0.2) is 37.0 Å². The highest BCUT2D eigenvalue weighted by Gasteiger charge is 2.09. The minimum Gasteiger partial charge on any atom is -0.370 e. The quantitative estimate of drug-likeness (QED) is 0.571. The first kappa shape index (κ1) is 17.5. The number of nitrogens with zero attached hydrogens (tertiary/aromatic N) is 2. The van der Waals surface area contributed by atoms with Gasteiger partial charge in [-0.1, -0.05) is 44.2 Å². The zero-order valence-electron chi connectivity index (χ0n) is 13.8. The van der Waals surface area contributed by atoms with Crippen molar-refractivity contribution < 1.29 is 0 Å². The van der Waals surface area contributed by atoms with Gasteiger partial charge in [0.25, 0.3) is 0 Å². The van der Waals surface area contributed by atoms with Gasteiger partial charge in [-0.3, -0.25) is 9.89 Å². The van der Waals surface area contributed by atoms with Crippen LogP contribution >= 0.6 is 0 Å². The standard InChI is InChI=1S/C17H30N4/c1-14(2)10-11-19-17(18)20-12-15(3)21(4)13-16-8-6-5-7-9-16/h5-9,14-15H,10-13H2,1-4H3,(H3,18,19,20). The number of hydrogen-bond donors (Lipinski definition) is 2. The van der Waals surface area contributed by atoms with Gasteiger partial charge in [-0.2, -0.15) is 0 Å². The van der Waals surface area contributed by atoms with Gasteiger partial charge in [0.2, 0.25) is 0 Å². The Balaban J connectivity index is 2.32. The van der Waals surface area contributed by atoms with Gasteiger partial charge in [0.1, 0.15) is 0 Å². The SMILES string of the molecule is CC(C)CCNC(N)=NCC(C)N(C)Cc1ccccc1. The van der Waals surface area contributed by atoms with E-state index in [0.717, 1.165) is 19.5 Å². The van der Waals surface area contributed by atoms with E-state index in [1.165, 1.54) is 5.56 Å². The second-order valence-electron chi connectivity index (χ2n) is 6.08. The molecule has 0 saturated heterocycles. The molecule has 21 heavy (non-hydrogen) atoms. The van der Waals surface area contributed by atoms with Crippen LogP contribution in [0.4, 0.5) is 0 Å². The van der Waals surface area contributed by atoms with E-state index in [-0.39, 0.29) is 0 Å². The predicted octanol–water partition coefficient (Wildman–Crippen LogP) is 2.46. The molecule has 0 heterocycles. The highest BCUT2D eigenvalue weighted by molar-refractivity contribution is 5.77. The molecular formula is C17H30N4. The van der Waals surface area contributed by atoms with Gasteiger partial charge in [-0.15, -0.1) is 0 Å². The van der Waals surface area contributed by atoms with Crippen molar-refractivity contribution in [2.75, 3.05) is 20.1 Å². The van der Waals surface area contributed by atoms with Crippen LogP contribution in [0.1, 0.15) is 32.8 Å². The third kappa shape index (κ3) is 7.71. The summed E-state index contributed by atoms with van der Waals surface area (Å²) in [7, 11) is 2.12. The molecule has 0 spiro atoms. The van der Waals surface area contributed by atoms with Crippen molar-refractivity contribution in [2.24, 2.45) is 16.6 Å². The summed E-state index contributed by atoms with van der Waals surface area (Å²) in [5.41, 5.74) is 7.20. The molecule has 1 aromatic rings. The van der Waals surface area contributed by atoms with Gasteiger partial charge in [0.05, 0.1) is 6.54 Å². The topological polar surface area (TPSA) is 53.6 Å². The molecule has 1 atom stereocenters. The average Bonchev–Trinajstić information content (AvgIpc) is 2.45. The Morgan fingerprint density at radius 1 is 1.24 bits per heavy atom. The number of aliphatic imine (C=N–C) groups is 1. The van der Waals surface area contributed by atoms with Crippen LogP contribution in [0.3, 0.4) is 0 Å². The molecule has 0 aliphatic rings. The minimum absolute atomic E-state index is 0.357. The van der Waals surface area contributed by atoms with Crippen LogP contribution in [-0.2, 0) is 6.54 Å². The third-order valence-corrected chi connectivity index (χ3v) is 3.58. The van der Waals surface area contributed by atoms with Gasteiger partial charge in [0.15, 0.2) is 5.96 Å². The molecule has 0 radical (unpaired) electrons. The normalized spacial score (nSPS) is 13.7. The van der Waals surface area contributed by atoms with Crippen molar-refractivity contribution in [3.8, 4) is 0 Å². The lowest BCUT2D eigenvalue weighted by atomic mass is 10.1. The zero-order valence-corrected chi connectivity index (χ0v) is 13.8. The Bertz CT molecular complexity index is 414. The van der Waals surface area contributed by atoms with Crippen molar-refractivity contribution >= 4 is 5.96 Å². The summed E-state index contributed by atoms with van der Waals surface area (Å²) in [6.45, 7) is 9.11. The van der Waals surface area contributed by atoms with Crippen LogP contribution in [0.25, 0.3) is 0 Å². The first-order valence-corrected chi connectivity index (χ1v) is 7.77. The van der Waals surface area contributed by atoms with E-state index >= 15 is 0 Å². The van der Waals surface area contributed by atoms with Crippen molar-refractivity contribution in [1.82, 2.24) is 10.2 Å². The summed E-state index contributed by atoms with van der Waals surface area (Å²) in [5, 5.41) is 3.17. The Morgan fingerprint density at radius 2 is 1.90 bits per heavy atom. The molecule has 0 aliphatic carbocycles. The molecule has 4 heteroatoms. The van der Waals surface area contributed by atoms with E-state index in [0.29, 0.717) is 24.5 Å². The molecule has 3 N–H and O–H groups in total. The molecule has 0 bridgehead atoms. The predicted molar refractivity (Wildman–Crippen MR) is 91.3 cm³/mol. The fourth-order valence-electron chi connectivity index (χ4n) is 1.94. The van der Waals surface area contributed by atoms with Crippen LogP contribution in [0.2, 0.25) is 0 Å². The number of nitrogens with two attached hydrogens (primary N) is 1. The second-order valence-corrected chi connectivity index (χ2v) is 6.08.